The van der Waals surface area contributed by atoms with E-state index in [0.29, 0.717) is 29.7 Å². The van der Waals surface area contributed by atoms with E-state index in [1.807, 2.05) is 37.3 Å². The van der Waals surface area contributed by atoms with Crippen molar-refractivity contribution in [2.24, 2.45) is 5.73 Å². The summed E-state index contributed by atoms with van der Waals surface area (Å²) < 4.78 is 11.0. The number of carbonyl (C=O) groups excluding carboxylic acids is 2. The van der Waals surface area contributed by atoms with Crippen LogP contribution in [0.1, 0.15) is 29.5 Å². The van der Waals surface area contributed by atoms with E-state index in [1.54, 1.807) is 12.1 Å². The van der Waals surface area contributed by atoms with Crippen LogP contribution in [-0.2, 0) is 16.0 Å². The van der Waals surface area contributed by atoms with Crippen molar-refractivity contribution in [1.82, 2.24) is 10.6 Å². The van der Waals surface area contributed by atoms with E-state index in [0.717, 1.165) is 16.5 Å². The van der Waals surface area contributed by atoms with Gasteiger partial charge in [0.25, 0.3) is 5.91 Å². The summed E-state index contributed by atoms with van der Waals surface area (Å²) in [5, 5.41) is 14.8. The molecule has 2 aromatic carbocycles. The first-order chi connectivity index (χ1) is 16.7. The zero-order chi connectivity index (χ0) is 25.4. The molecule has 1 aromatic heterocycles. The van der Waals surface area contributed by atoms with Gasteiger partial charge in [-0.15, -0.1) is 0 Å². The molecule has 10 heteroatoms. The molecular formula is C25H27N3O7. The largest absolute Gasteiger partial charge is 0.484 e. The number of fused-ring (bicyclic) bond motifs is 1. The van der Waals surface area contributed by atoms with Crippen molar-refractivity contribution in [1.29, 1.82) is 0 Å². The molecule has 0 aliphatic rings. The van der Waals surface area contributed by atoms with Crippen LogP contribution >= 0.6 is 0 Å². The molecule has 1 unspecified atom stereocenters. The molecule has 184 valence electrons. The minimum absolute atomic E-state index is 0.104. The molecule has 0 aliphatic carbocycles. The smallest absolute Gasteiger partial charge is 0.340 e. The van der Waals surface area contributed by atoms with E-state index < -0.39 is 36.2 Å². The Morgan fingerprint density at radius 3 is 2.57 bits per heavy atom. The van der Waals surface area contributed by atoms with Gasteiger partial charge in [-0.25, -0.2) is 14.4 Å². The Balaban J connectivity index is 1.63. The third-order valence-electron chi connectivity index (χ3n) is 5.45. The number of amides is 3. The number of urea groups is 1. The molecule has 0 spiro atoms. The summed E-state index contributed by atoms with van der Waals surface area (Å²) in [7, 11) is 0. The van der Waals surface area contributed by atoms with Crippen LogP contribution in [0, 0.1) is 6.92 Å². The van der Waals surface area contributed by atoms with Gasteiger partial charge in [0.05, 0.1) is 0 Å². The molecular weight excluding hydrogens is 454 g/mol. The summed E-state index contributed by atoms with van der Waals surface area (Å²) in [6.45, 7) is 1.63. The highest BCUT2D eigenvalue weighted by molar-refractivity contribution is 5.85. The lowest BCUT2D eigenvalue weighted by Crippen LogP contribution is -2.43. The van der Waals surface area contributed by atoms with Gasteiger partial charge in [-0.05, 0) is 43.0 Å². The van der Waals surface area contributed by atoms with Gasteiger partial charge in [-0.1, -0.05) is 30.3 Å². The summed E-state index contributed by atoms with van der Waals surface area (Å²) in [5.74, 6) is -1.54. The van der Waals surface area contributed by atoms with Crippen LogP contribution in [0.15, 0.2) is 57.7 Å². The highest BCUT2D eigenvalue weighted by Crippen LogP contribution is 2.25. The van der Waals surface area contributed by atoms with Gasteiger partial charge < -0.3 is 30.6 Å². The molecule has 0 radical (unpaired) electrons. The first kappa shape index (κ1) is 25.3. The standard InChI is InChI=1S/C25H27N3O7/c1-15-18-10-9-17(13-21(18)35-24(32)19(15)12-16-6-3-2-4-7-16)34-14-22(29)28-20(23(30)31)8-5-11-27-25(26)33/h2-4,6-7,9-10,13,20H,5,8,11-12,14H2,1H3,(H,28,29)(H,30,31)(H3,26,27,33). The second-order valence-electron chi connectivity index (χ2n) is 7.99. The third-order valence-corrected chi connectivity index (χ3v) is 5.45. The normalized spacial score (nSPS) is 11.6. The zero-order valence-electron chi connectivity index (χ0n) is 19.2. The van der Waals surface area contributed by atoms with Crippen LogP contribution in [0.4, 0.5) is 4.79 Å². The predicted molar refractivity (Wildman–Crippen MR) is 128 cm³/mol. The number of rotatable bonds is 11. The summed E-state index contributed by atoms with van der Waals surface area (Å²) in [4.78, 5) is 46.9. The van der Waals surface area contributed by atoms with E-state index in [-0.39, 0.29) is 13.0 Å². The maximum Gasteiger partial charge on any atom is 0.340 e. The Morgan fingerprint density at radius 2 is 1.89 bits per heavy atom. The number of carboxylic acids is 1. The van der Waals surface area contributed by atoms with Crippen molar-refractivity contribution in [3.63, 3.8) is 0 Å². The average molecular weight is 482 g/mol. The minimum atomic E-state index is -1.20. The summed E-state index contributed by atoms with van der Waals surface area (Å²) in [5.41, 5.74) is 7.22. The van der Waals surface area contributed by atoms with Crippen molar-refractivity contribution in [2.75, 3.05) is 13.2 Å². The first-order valence-corrected chi connectivity index (χ1v) is 11.0. The predicted octanol–water partition coefficient (Wildman–Crippen LogP) is 2.09. The van der Waals surface area contributed by atoms with Crippen molar-refractivity contribution >= 4 is 28.9 Å². The molecule has 1 heterocycles. The third kappa shape index (κ3) is 7.07. The number of hydrogen-bond acceptors (Lipinski definition) is 6. The van der Waals surface area contributed by atoms with Gasteiger partial charge in [0, 0.05) is 30.0 Å². The molecule has 10 nitrogen and oxygen atoms in total. The number of nitrogens with one attached hydrogen (secondary N) is 2. The van der Waals surface area contributed by atoms with Gasteiger partial charge in [0.15, 0.2) is 6.61 Å². The molecule has 0 saturated carbocycles. The van der Waals surface area contributed by atoms with E-state index >= 15 is 0 Å². The monoisotopic (exact) mass is 481 g/mol. The minimum Gasteiger partial charge on any atom is -0.484 e. The SMILES string of the molecule is Cc1c(Cc2ccccc2)c(=O)oc2cc(OCC(=O)NC(CCCNC(N)=O)C(=O)O)ccc12. The Kier molecular flexibility index (Phi) is 8.44. The summed E-state index contributed by atoms with van der Waals surface area (Å²) in [6.07, 6.45) is 0.871. The molecule has 3 rings (SSSR count). The highest BCUT2D eigenvalue weighted by atomic mass is 16.5. The maximum atomic E-state index is 12.6. The highest BCUT2D eigenvalue weighted by Gasteiger charge is 2.20. The van der Waals surface area contributed by atoms with Gasteiger partial charge in [-0.2, -0.15) is 0 Å². The van der Waals surface area contributed by atoms with E-state index in [1.165, 1.54) is 6.07 Å². The van der Waals surface area contributed by atoms with Crippen LogP contribution in [-0.4, -0.2) is 42.2 Å². The van der Waals surface area contributed by atoms with Crippen molar-refractivity contribution < 1.29 is 28.6 Å². The Hall–Kier alpha value is -4.34. The van der Waals surface area contributed by atoms with E-state index in [2.05, 4.69) is 10.6 Å². The average Bonchev–Trinajstić information content (AvgIpc) is 2.82. The second-order valence-corrected chi connectivity index (χ2v) is 7.99. The topological polar surface area (TPSA) is 161 Å². The van der Waals surface area contributed by atoms with Crippen LogP contribution in [0.2, 0.25) is 0 Å². The number of nitrogens with two attached hydrogens (primary N) is 1. The maximum absolute atomic E-state index is 12.6. The van der Waals surface area contributed by atoms with E-state index in [9.17, 15) is 24.3 Å². The fourth-order valence-corrected chi connectivity index (χ4v) is 3.63. The lowest BCUT2D eigenvalue weighted by atomic mass is 10.00. The number of carboxylic acid groups (broad SMARTS) is 1. The van der Waals surface area contributed by atoms with Gasteiger partial charge >= 0.3 is 17.6 Å². The number of benzene rings is 2. The molecule has 0 aliphatic heterocycles. The fourth-order valence-electron chi connectivity index (χ4n) is 3.63. The molecule has 0 saturated heterocycles. The lowest BCUT2D eigenvalue weighted by molar-refractivity contribution is -0.142. The first-order valence-electron chi connectivity index (χ1n) is 11.0. The number of primary amides is 1. The van der Waals surface area contributed by atoms with Gasteiger partial charge in [0.2, 0.25) is 0 Å². The molecule has 35 heavy (non-hydrogen) atoms. The molecule has 5 N–H and O–H groups in total. The second kappa shape index (κ2) is 11.7. The van der Waals surface area contributed by atoms with Crippen molar-refractivity contribution in [2.45, 2.75) is 32.2 Å². The number of hydrogen-bond donors (Lipinski definition) is 4. The number of ether oxygens (including phenoxy) is 1. The number of carbonyl (C=O) groups is 3. The van der Waals surface area contributed by atoms with Crippen LogP contribution < -0.4 is 26.7 Å². The van der Waals surface area contributed by atoms with E-state index in [4.69, 9.17) is 14.9 Å². The lowest BCUT2D eigenvalue weighted by Gasteiger charge is -2.15. The summed E-state index contributed by atoms with van der Waals surface area (Å²) in [6, 6.07) is 12.7. The van der Waals surface area contributed by atoms with Gasteiger partial charge in [0.1, 0.15) is 17.4 Å². The molecule has 0 bridgehead atoms. The Morgan fingerprint density at radius 1 is 1.14 bits per heavy atom. The summed E-state index contributed by atoms with van der Waals surface area (Å²) >= 11 is 0. The quantitative estimate of drug-likeness (QED) is 0.241. The Labute approximate surface area is 201 Å². The zero-order valence-corrected chi connectivity index (χ0v) is 19.2. The number of aryl methyl sites for hydroxylation is 1. The molecule has 3 aromatic rings. The Bertz CT molecular complexity index is 1270. The van der Waals surface area contributed by atoms with Crippen LogP contribution in [0.3, 0.4) is 0 Å². The van der Waals surface area contributed by atoms with Gasteiger partial charge in [-0.3, -0.25) is 4.79 Å². The van der Waals surface area contributed by atoms with Crippen LogP contribution in [0.5, 0.6) is 5.75 Å². The van der Waals surface area contributed by atoms with Crippen molar-refractivity contribution in [3.05, 3.63) is 75.6 Å². The molecule has 1 atom stereocenters. The molecule has 3 amide bonds. The van der Waals surface area contributed by atoms with Crippen molar-refractivity contribution in [3.8, 4) is 5.75 Å². The van der Waals surface area contributed by atoms with Crippen LogP contribution in [0.25, 0.3) is 11.0 Å². The number of aliphatic carboxylic acids is 1. The molecule has 0 fully saturated rings. The fraction of sp³-hybridized carbons (Fsp3) is 0.280.